The highest BCUT2D eigenvalue weighted by molar-refractivity contribution is 5.89. The number of methoxy groups -OCH3 is 1. The second-order valence-corrected chi connectivity index (χ2v) is 6.88. The van der Waals surface area contributed by atoms with Crippen LogP contribution in [0.1, 0.15) is 25.7 Å². The summed E-state index contributed by atoms with van der Waals surface area (Å²) in [4.78, 5) is 16.9. The smallest absolute Gasteiger partial charge is 0.322 e. The van der Waals surface area contributed by atoms with E-state index in [9.17, 15) is 9.90 Å². The molecule has 0 unspecified atom stereocenters. The molecule has 2 fully saturated rings. The van der Waals surface area contributed by atoms with Gasteiger partial charge in [0, 0.05) is 38.5 Å². The van der Waals surface area contributed by atoms with E-state index in [1.54, 1.807) is 18.0 Å². The first-order valence-corrected chi connectivity index (χ1v) is 9.15. The third-order valence-corrected chi connectivity index (χ3v) is 5.20. The number of likely N-dealkylation sites (tertiary alicyclic amines) is 2. The molecule has 1 aromatic rings. The molecule has 0 radical (unpaired) electrons. The van der Waals surface area contributed by atoms with Crippen LogP contribution in [0.15, 0.2) is 12.4 Å². The average Bonchev–Trinajstić information content (AvgIpc) is 3.34. The summed E-state index contributed by atoms with van der Waals surface area (Å²) in [5.74, 6) is 0. The number of anilines is 1. The van der Waals surface area contributed by atoms with E-state index >= 15 is 0 Å². The Morgan fingerprint density at radius 2 is 2.16 bits per heavy atom. The van der Waals surface area contributed by atoms with Crippen molar-refractivity contribution in [1.82, 2.24) is 19.6 Å². The molecule has 3 heterocycles. The summed E-state index contributed by atoms with van der Waals surface area (Å²) in [6, 6.07) is 0.411. The number of ether oxygens (including phenoxy) is 1. The standard InChI is InChI=1S/C17H29N5O3/c1-25-9-8-21-11-14(10-18-21)19-17(24)22-7-3-4-15(22)12-20-6-2-5-16(20)13-23/h10-11,15-16,23H,2-9,12-13H2,1H3,(H,19,24)/t15-,16-/m0/s1. The molecule has 2 aliphatic rings. The van der Waals surface area contributed by atoms with Gasteiger partial charge in [-0.2, -0.15) is 5.10 Å². The summed E-state index contributed by atoms with van der Waals surface area (Å²) < 4.78 is 6.79. The molecular weight excluding hydrogens is 322 g/mol. The molecule has 0 spiro atoms. The number of rotatable bonds is 7. The number of carbonyl (C=O) groups is 1. The van der Waals surface area contributed by atoms with Gasteiger partial charge in [0.1, 0.15) is 0 Å². The van der Waals surface area contributed by atoms with Gasteiger partial charge >= 0.3 is 6.03 Å². The highest BCUT2D eigenvalue weighted by Crippen LogP contribution is 2.24. The van der Waals surface area contributed by atoms with E-state index in [4.69, 9.17) is 4.74 Å². The second-order valence-electron chi connectivity index (χ2n) is 6.88. The molecule has 2 amide bonds. The predicted molar refractivity (Wildman–Crippen MR) is 94.5 cm³/mol. The Bertz CT molecular complexity index is 564. The van der Waals surface area contributed by atoms with E-state index in [2.05, 4.69) is 15.3 Å². The Hall–Kier alpha value is -1.64. The van der Waals surface area contributed by atoms with E-state index in [0.717, 1.165) is 45.3 Å². The van der Waals surface area contributed by atoms with E-state index in [-0.39, 0.29) is 24.7 Å². The number of aromatic nitrogens is 2. The minimum atomic E-state index is -0.0615. The van der Waals surface area contributed by atoms with Gasteiger partial charge < -0.3 is 20.1 Å². The monoisotopic (exact) mass is 351 g/mol. The zero-order valence-electron chi connectivity index (χ0n) is 14.9. The molecule has 8 heteroatoms. The number of carbonyl (C=O) groups excluding carboxylic acids is 1. The third kappa shape index (κ3) is 4.50. The fourth-order valence-electron chi connectivity index (χ4n) is 3.84. The summed E-state index contributed by atoms with van der Waals surface area (Å²) in [6.07, 6.45) is 7.73. The lowest BCUT2D eigenvalue weighted by Crippen LogP contribution is -2.46. The van der Waals surface area contributed by atoms with Crippen LogP contribution in [0.3, 0.4) is 0 Å². The molecule has 2 atom stereocenters. The summed E-state index contributed by atoms with van der Waals surface area (Å²) >= 11 is 0. The second kappa shape index (κ2) is 8.64. The molecule has 0 aliphatic carbocycles. The van der Waals surface area contributed by atoms with Crippen LogP contribution in [-0.4, -0.2) is 82.8 Å². The molecule has 1 aromatic heterocycles. The number of nitrogens with zero attached hydrogens (tertiary/aromatic N) is 4. The molecule has 2 N–H and O–H groups in total. The number of hydrogen-bond acceptors (Lipinski definition) is 5. The van der Waals surface area contributed by atoms with Gasteiger partial charge in [0.15, 0.2) is 0 Å². The van der Waals surface area contributed by atoms with E-state index < -0.39 is 0 Å². The first-order chi connectivity index (χ1) is 12.2. The molecule has 0 aromatic carbocycles. The van der Waals surface area contributed by atoms with E-state index in [1.807, 2.05) is 11.1 Å². The maximum absolute atomic E-state index is 12.7. The van der Waals surface area contributed by atoms with Gasteiger partial charge in [-0.05, 0) is 32.2 Å². The topological polar surface area (TPSA) is 82.9 Å². The van der Waals surface area contributed by atoms with Crippen LogP contribution in [0.4, 0.5) is 10.5 Å². The van der Waals surface area contributed by atoms with Gasteiger partial charge in [-0.15, -0.1) is 0 Å². The molecule has 0 bridgehead atoms. The van der Waals surface area contributed by atoms with Crippen LogP contribution in [-0.2, 0) is 11.3 Å². The van der Waals surface area contributed by atoms with Gasteiger partial charge in [-0.25, -0.2) is 4.79 Å². The summed E-state index contributed by atoms with van der Waals surface area (Å²) in [5.41, 5.74) is 0.709. The van der Waals surface area contributed by atoms with Crippen molar-refractivity contribution in [2.45, 2.75) is 44.3 Å². The zero-order valence-corrected chi connectivity index (χ0v) is 14.9. The largest absolute Gasteiger partial charge is 0.395 e. The summed E-state index contributed by atoms with van der Waals surface area (Å²) in [7, 11) is 1.65. The Morgan fingerprint density at radius 1 is 1.36 bits per heavy atom. The van der Waals surface area contributed by atoms with Crippen LogP contribution in [0.2, 0.25) is 0 Å². The lowest BCUT2D eigenvalue weighted by atomic mass is 10.2. The molecule has 8 nitrogen and oxygen atoms in total. The van der Waals surface area contributed by atoms with Crippen molar-refractivity contribution in [2.24, 2.45) is 0 Å². The van der Waals surface area contributed by atoms with Crippen molar-refractivity contribution in [3.63, 3.8) is 0 Å². The Morgan fingerprint density at radius 3 is 2.96 bits per heavy atom. The molecule has 0 saturated carbocycles. The van der Waals surface area contributed by atoms with Crippen molar-refractivity contribution in [3.05, 3.63) is 12.4 Å². The fraction of sp³-hybridized carbons (Fsp3) is 0.765. The van der Waals surface area contributed by atoms with Crippen molar-refractivity contribution < 1.29 is 14.6 Å². The minimum Gasteiger partial charge on any atom is -0.395 e. The fourth-order valence-corrected chi connectivity index (χ4v) is 3.84. The highest BCUT2D eigenvalue weighted by Gasteiger charge is 2.33. The lowest BCUT2D eigenvalue weighted by molar-refractivity contribution is 0.130. The average molecular weight is 351 g/mol. The maximum atomic E-state index is 12.7. The van der Waals surface area contributed by atoms with Gasteiger partial charge in [0.25, 0.3) is 0 Å². The van der Waals surface area contributed by atoms with Crippen molar-refractivity contribution in [2.75, 3.05) is 45.3 Å². The number of urea groups is 1. The van der Waals surface area contributed by atoms with Gasteiger partial charge in [-0.1, -0.05) is 0 Å². The van der Waals surface area contributed by atoms with Crippen LogP contribution >= 0.6 is 0 Å². The highest BCUT2D eigenvalue weighted by atomic mass is 16.5. The van der Waals surface area contributed by atoms with Crippen LogP contribution in [0, 0.1) is 0 Å². The summed E-state index contributed by atoms with van der Waals surface area (Å²) in [5, 5.41) is 16.7. The molecule has 25 heavy (non-hydrogen) atoms. The molecule has 140 valence electrons. The van der Waals surface area contributed by atoms with Gasteiger partial charge in [0.05, 0.1) is 31.6 Å². The Labute approximate surface area is 148 Å². The van der Waals surface area contributed by atoms with Crippen molar-refractivity contribution in [3.8, 4) is 0 Å². The SMILES string of the molecule is COCCn1cc(NC(=O)N2CCC[C@H]2CN2CCC[C@H]2CO)cn1. The quantitative estimate of drug-likeness (QED) is 0.765. The van der Waals surface area contributed by atoms with Gasteiger partial charge in [0.2, 0.25) is 0 Å². The Balaban J connectivity index is 1.54. The van der Waals surface area contributed by atoms with Crippen molar-refractivity contribution in [1.29, 1.82) is 0 Å². The van der Waals surface area contributed by atoms with Gasteiger partial charge in [-0.3, -0.25) is 9.58 Å². The normalized spacial score (nSPS) is 24.2. The third-order valence-electron chi connectivity index (χ3n) is 5.20. The lowest BCUT2D eigenvalue weighted by Gasteiger charge is -2.31. The molecular formula is C17H29N5O3. The molecule has 2 aliphatic heterocycles. The molecule has 3 rings (SSSR count). The maximum Gasteiger partial charge on any atom is 0.322 e. The van der Waals surface area contributed by atoms with Crippen LogP contribution in [0.25, 0.3) is 0 Å². The number of nitrogens with one attached hydrogen (secondary N) is 1. The number of aliphatic hydroxyl groups excluding tert-OH is 1. The minimum absolute atomic E-state index is 0.0615. The number of amides is 2. The number of aliphatic hydroxyl groups is 1. The summed E-state index contributed by atoms with van der Waals surface area (Å²) in [6.45, 7) is 4.11. The first kappa shape index (κ1) is 18.2. The van der Waals surface area contributed by atoms with E-state index in [0.29, 0.717) is 18.8 Å². The first-order valence-electron chi connectivity index (χ1n) is 9.15. The van der Waals surface area contributed by atoms with Crippen LogP contribution in [0.5, 0.6) is 0 Å². The molecule has 2 saturated heterocycles. The van der Waals surface area contributed by atoms with E-state index in [1.165, 1.54) is 0 Å². The zero-order chi connectivity index (χ0) is 17.6. The number of hydrogen-bond donors (Lipinski definition) is 2. The Kier molecular flexibility index (Phi) is 6.28. The van der Waals surface area contributed by atoms with Crippen molar-refractivity contribution >= 4 is 11.7 Å². The van der Waals surface area contributed by atoms with Crippen LogP contribution < -0.4 is 5.32 Å². The predicted octanol–water partition coefficient (Wildman–Crippen LogP) is 0.983.